The molecule has 0 radical (unpaired) electrons. The number of likely N-dealkylation sites (N-methyl/N-ethyl adjacent to an activating group) is 2. The zero-order valence-electron chi connectivity index (χ0n) is 24.2. The molecule has 3 fully saturated rings. The second-order valence-electron chi connectivity index (χ2n) is 9.87. The summed E-state index contributed by atoms with van der Waals surface area (Å²) in [5, 5.41) is 6.94. The van der Waals surface area contributed by atoms with E-state index in [0.29, 0.717) is 11.4 Å². The number of β-lactam (4-membered cyclic amide) rings is 1. The number of hydrogen-bond donors (Lipinski definition) is 4. The minimum absolute atomic E-state index is 0.0251. The molecule has 3 aliphatic rings. The van der Waals surface area contributed by atoms with Crippen molar-refractivity contribution < 1.29 is 56.1 Å². The molecule has 2 atom stereocenters. The number of nitrogens with zero attached hydrogens (tertiary/aromatic N) is 5. The summed E-state index contributed by atoms with van der Waals surface area (Å²) in [5.41, 5.74) is -2.20. The first-order chi connectivity index (χ1) is 20.6. The summed E-state index contributed by atoms with van der Waals surface area (Å²) in [6.07, 6.45) is -0.260. The molecule has 44 heavy (non-hydrogen) atoms. The Kier molecular flexibility index (Phi) is 10.5. The van der Waals surface area contributed by atoms with Gasteiger partial charge >= 0.3 is 46.0 Å². The molecule has 2 unspecified atom stereocenters. The molecule has 0 aromatic carbocycles. The van der Waals surface area contributed by atoms with Gasteiger partial charge in [-0.15, -0.1) is 0 Å². The van der Waals surface area contributed by atoms with Crippen LogP contribution in [0.25, 0.3) is 0 Å². The van der Waals surface area contributed by atoms with Crippen LogP contribution in [0.2, 0.25) is 0 Å². The molecule has 4 N–H and O–H groups in total. The fourth-order valence-electron chi connectivity index (χ4n) is 4.65. The highest BCUT2D eigenvalue weighted by molar-refractivity contribution is 7.84. The Labute approximate surface area is 251 Å². The van der Waals surface area contributed by atoms with Gasteiger partial charge in [-0.05, 0) is 26.7 Å². The predicted octanol–water partition coefficient (Wildman–Crippen LogP) is -3.96. The maximum Gasteiger partial charge on any atom is 0.362 e. The van der Waals surface area contributed by atoms with Crippen molar-refractivity contribution in [2.24, 2.45) is 0 Å². The average Bonchev–Trinajstić information content (AvgIpc) is 2.97. The smallest absolute Gasteiger partial charge is 0.349 e. The van der Waals surface area contributed by atoms with Crippen molar-refractivity contribution >= 4 is 57.8 Å². The number of carbonyl (C=O) groups is 8. The third kappa shape index (κ3) is 6.89. The Hall–Kier alpha value is -4.37. The zero-order chi connectivity index (χ0) is 33.0. The van der Waals surface area contributed by atoms with Crippen LogP contribution in [0.1, 0.15) is 26.7 Å². The summed E-state index contributed by atoms with van der Waals surface area (Å²) in [6, 6.07) is -3.47. The standard InChI is InChI=1S/C23H34N8O12S/c1-4-27-9-11-29(18(35)16(27)33)21(38)24-8-6-7-14(25-22(39)30-12-10-28(5-2)17(34)19(30)36)15(32)26-23(43-3)13-31(20(23)37)44(40,41)42/h14H,4-13H2,1-3H3,(H,24,38)(H,25,39)(H,26,32)(H,40,41,42). The van der Waals surface area contributed by atoms with Crippen LogP contribution in [0.5, 0.6) is 0 Å². The number of urea groups is 2. The van der Waals surface area contributed by atoms with Crippen LogP contribution in [-0.2, 0) is 43.8 Å². The van der Waals surface area contributed by atoms with Gasteiger partial charge in [-0.3, -0.25) is 43.1 Å². The number of rotatable bonds is 11. The molecular weight excluding hydrogens is 612 g/mol. The highest BCUT2D eigenvalue weighted by atomic mass is 32.2. The van der Waals surface area contributed by atoms with Crippen LogP contribution in [-0.4, -0.2) is 156 Å². The van der Waals surface area contributed by atoms with Crippen LogP contribution in [0, 0.1) is 0 Å². The van der Waals surface area contributed by atoms with E-state index in [0.717, 1.165) is 12.0 Å². The number of piperazine rings is 2. The van der Waals surface area contributed by atoms with Crippen LogP contribution in [0.3, 0.4) is 0 Å². The molecule has 0 aromatic rings. The normalized spacial score (nSPS) is 21.7. The first kappa shape index (κ1) is 34.1. The fraction of sp³-hybridized carbons (Fsp3) is 0.652. The lowest BCUT2D eigenvalue weighted by Crippen LogP contribution is -2.77. The van der Waals surface area contributed by atoms with E-state index in [1.807, 2.05) is 0 Å². The monoisotopic (exact) mass is 646 g/mol. The summed E-state index contributed by atoms with van der Waals surface area (Å²) >= 11 is 0. The van der Waals surface area contributed by atoms with Crippen molar-refractivity contribution in [1.82, 2.24) is 39.9 Å². The Morgan fingerprint density at radius 3 is 1.86 bits per heavy atom. The molecule has 21 heteroatoms. The molecule has 0 aliphatic carbocycles. The average molecular weight is 647 g/mol. The number of carbonyl (C=O) groups excluding carboxylic acids is 8. The van der Waals surface area contributed by atoms with Gasteiger partial charge in [0.25, 0.3) is 5.91 Å². The van der Waals surface area contributed by atoms with Crippen molar-refractivity contribution in [3.8, 4) is 0 Å². The number of methoxy groups -OCH3 is 1. The van der Waals surface area contributed by atoms with Gasteiger partial charge in [-0.2, -0.15) is 8.42 Å². The van der Waals surface area contributed by atoms with Gasteiger partial charge in [0, 0.05) is 52.9 Å². The van der Waals surface area contributed by atoms with E-state index in [4.69, 9.17) is 9.29 Å². The largest absolute Gasteiger partial charge is 0.362 e. The van der Waals surface area contributed by atoms with Gasteiger partial charge < -0.3 is 30.5 Å². The third-order valence-corrected chi connectivity index (χ3v) is 8.17. The second kappa shape index (κ2) is 13.5. The van der Waals surface area contributed by atoms with Gasteiger partial charge in [-0.25, -0.2) is 13.9 Å². The third-order valence-electron chi connectivity index (χ3n) is 7.32. The molecule has 20 nitrogen and oxygen atoms in total. The van der Waals surface area contributed by atoms with Crippen LogP contribution in [0.15, 0.2) is 0 Å². The molecule has 0 aromatic heterocycles. The van der Waals surface area contributed by atoms with E-state index in [9.17, 15) is 46.8 Å². The van der Waals surface area contributed by atoms with Crippen LogP contribution in [0.4, 0.5) is 9.59 Å². The summed E-state index contributed by atoms with van der Waals surface area (Å²) < 4.78 is 37.0. The van der Waals surface area contributed by atoms with Gasteiger partial charge in [0.05, 0.1) is 6.54 Å². The summed E-state index contributed by atoms with van der Waals surface area (Å²) in [7, 11) is -3.95. The second-order valence-corrected chi connectivity index (χ2v) is 11.2. The van der Waals surface area contributed by atoms with E-state index in [1.54, 1.807) is 13.8 Å². The lowest BCUT2D eigenvalue weighted by molar-refractivity contribution is -0.180. The lowest BCUT2D eigenvalue weighted by Gasteiger charge is -2.45. The molecule has 3 saturated heterocycles. The predicted molar refractivity (Wildman–Crippen MR) is 144 cm³/mol. The first-order valence-corrected chi connectivity index (χ1v) is 15.0. The van der Waals surface area contributed by atoms with E-state index >= 15 is 0 Å². The quantitative estimate of drug-likeness (QED) is 0.0552. The van der Waals surface area contributed by atoms with Gasteiger partial charge in [0.15, 0.2) is 0 Å². The van der Waals surface area contributed by atoms with Gasteiger partial charge in [0.1, 0.15) is 6.04 Å². The van der Waals surface area contributed by atoms with Crippen molar-refractivity contribution in [1.29, 1.82) is 0 Å². The van der Waals surface area contributed by atoms with Crippen LogP contribution >= 0.6 is 0 Å². The number of hydrogen-bond acceptors (Lipinski definition) is 11. The molecular formula is C23H34N8O12S. The fourth-order valence-corrected chi connectivity index (χ4v) is 5.35. The van der Waals surface area contributed by atoms with Crippen molar-refractivity contribution in [2.45, 2.75) is 38.5 Å². The maximum atomic E-state index is 13.2. The Morgan fingerprint density at radius 1 is 0.886 bits per heavy atom. The van der Waals surface area contributed by atoms with Crippen molar-refractivity contribution in [3.05, 3.63) is 0 Å². The van der Waals surface area contributed by atoms with E-state index in [-0.39, 0.29) is 56.4 Å². The summed E-state index contributed by atoms with van der Waals surface area (Å²) in [6.45, 7) is 2.95. The number of amides is 10. The SMILES string of the molecule is CCN1CCN(C(=O)NCCCC(NC(=O)N2CCN(CC)C(=O)C2=O)C(=O)NC2(OC)CN(S(=O)(=O)O)C2=O)C(=O)C1=O. The highest BCUT2D eigenvalue weighted by Gasteiger charge is 2.59. The molecule has 3 heterocycles. The van der Waals surface area contributed by atoms with Crippen molar-refractivity contribution in [2.75, 3.05) is 59.5 Å². The van der Waals surface area contributed by atoms with E-state index < -0.39 is 76.1 Å². The first-order valence-electron chi connectivity index (χ1n) is 13.6. The lowest BCUT2D eigenvalue weighted by atomic mass is 10.0. The van der Waals surface area contributed by atoms with Crippen LogP contribution < -0.4 is 16.0 Å². The number of nitrogens with one attached hydrogen (secondary N) is 3. The Balaban J connectivity index is 1.68. The minimum Gasteiger partial charge on any atom is -0.349 e. The van der Waals surface area contributed by atoms with Gasteiger partial charge in [-0.1, -0.05) is 0 Å². The molecule has 244 valence electrons. The number of ether oxygens (including phenoxy) is 1. The zero-order valence-corrected chi connectivity index (χ0v) is 25.0. The minimum atomic E-state index is -4.94. The number of imide groups is 2. The summed E-state index contributed by atoms with van der Waals surface area (Å²) in [4.78, 5) is 104. The molecule has 3 rings (SSSR count). The molecule has 3 aliphatic heterocycles. The molecule has 10 amide bonds. The van der Waals surface area contributed by atoms with E-state index in [2.05, 4.69) is 16.0 Å². The topological polar surface area (TPSA) is 252 Å². The Morgan fingerprint density at radius 2 is 1.41 bits per heavy atom. The molecule has 0 spiro atoms. The highest BCUT2D eigenvalue weighted by Crippen LogP contribution is 2.26. The maximum absolute atomic E-state index is 13.2. The van der Waals surface area contributed by atoms with E-state index in [1.165, 1.54) is 9.80 Å². The molecule has 0 saturated carbocycles. The Bertz CT molecular complexity index is 1360. The van der Waals surface area contributed by atoms with Crippen molar-refractivity contribution in [3.63, 3.8) is 0 Å². The molecule has 0 bridgehead atoms. The summed E-state index contributed by atoms with van der Waals surface area (Å²) in [5.74, 6) is -6.25. The van der Waals surface area contributed by atoms with Gasteiger partial charge in [0.2, 0.25) is 11.6 Å².